The molecule has 5 heteroatoms. The van der Waals surface area contributed by atoms with Gasteiger partial charge >= 0.3 is 0 Å². The van der Waals surface area contributed by atoms with Crippen LogP contribution < -0.4 is 10.1 Å². The molecular weight excluding hydrogens is 280 g/mol. The third-order valence-electron chi connectivity index (χ3n) is 3.79. The molecule has 0 aromatic heterocycles. The first kappa shape index (κ1) is 16.8. The fraction of sp³-hybridized carbons (Fsp3) is 0.588. The average Bonchev–Trinajstić information content (AvgIpc) is 3.05. The summed E-state index contributed by atoms with van der Waals surface area (Å²) < 4.78 is 10.9. The van der Waals surface area contributed by atoms with Crippen molar-refractivity contribution in [3.05, 3.63) is 30.3 Å². The van der Waals surface area contributed by atoms with E-state index in [4.69, 9.17) is 9.47 Å². The molecule has 0 spiro atoms. The summed E-state index contributed by atoms with van der Waals surface area (Å²) in [5.41, 5.74) is 0. The van der Waals surface area contributed by atoms with Crippen molar-refractivity contribution in [2.45, 2.75) is 13.3 Å². The van der Waals surface area contributed by atoms with E-state index in [9.17, 15) is 4.79 Å². The molecule has 5 nitrogen and oxygen atoms in total. The average molecular weight is 306 g/mol. The molecule has 1 heterocycles. The van der Waals surface area contributed by atoms with Gasteiger partial charge in [-0.15, -0.1) is 0 Å². The van der Waals surface area contributed by atoms with Crippen LogP contribution in [0.5, 0.6) is 5.75 Å². The Labute approximate surface area is 132 Å². The lowest BCUT2D eigenvalue weighted by Crippen LogP contribution is -2.40. The second-order valence-electron chi connectivity index (χ2n) is 5.57. The predicted octanol–water partition coefficient (Wildman–Crippen LogP) is 1.54. The number of ether oxygens (including phenoxy) is 2. The van der Waals surface area contributed by atoms with Crippen LogP contribution >= 0.6 is 0 Å². The molecule has 1 atom stereocenters. The highest BCUT2D eigenvalue weighted by atomic mass is 16.5. The van der Waals surface area contributed by atoms with Gasteiger partial charge in [0.25, 0.3) is 0 Å². The second kappa shape index (κ2) is 9.43. The number of amides is 1. The summed E-state index contributed by atoms with van der Waals surface area (Å²) >= 11 is 0. The van der Waals surface area contributed by atoms with Crippen LogP contribution in [0.2, 0.25) is 0 Å². The van der Waals surface area contributed by atoms with Crippen LogP contribution in [0.3, 0.4) is 0 Å². The van der Waals surface area contributed by atoms with Crippen LogP contribution in [-0.4, -0.2) is 56.8 Å². The SMILES string of the molecule is CCN(CC(=O)NCCOc1ccccc1)CC1CCOC1. The number of hydrogen-bond donors (Lipinski definition) is 1. The number of nitrogens with zero attached hydrogens (tertiary/aromatic N) is 1. The summed E-state index contributed by atoms with van der Waals surface area (Å²) in [5.74, 6) is 1.44. The molecule has 1 unspecified atom stereocenters. The molecule has 1 N–H and O–H groups in total. The monoisotopic (exact) mass is 306 g/mol. The van der Waals surface area contributed by atoms with Crippen molar-refractivity contribution >= 4 is 5.91 Å². The van der Waals surface area contributed by atoms with E-state index in [1.54, 1.807) is 0 Å². The Bertz CT molecular complexity index is 433. The molecule has 1 aromatic rings. The lowest BCUT2D eigenvalue weighted by Gasteiger charge is -2.22. The van der Waals surface area contributed by atoms with Gasteiger partial charge in [-0.25, -0.2) is 0 Å². The highest BCUT2D eigenvalue weighted by molar-refractivity contribution is 5.77. The van der Waals surface area contributed by atoms with Gasteiger partial charge in [-0.05, 0) is 31.0 Å². The van der Waals surface area contributed by atoms with Crippen LogP contribution in [0.1, 0.15) is 13.3 Å². The predicted molar refractivity (Wildman–Crippen MR) is 86.0 cm³/mol. The molecule has 1 aromatic carbocycles. The van der Waals surface area contributed by atoms with E-state index in [2.05, 4.69) is 17.1 Å². The van der Waals surface area contributed by atoms with Gasteiger partial charge in [0, 0.05) is 13.2 Å². The largest absolute Gasteiger partial charge is 0.492 e. The summed E-state index contributed by atoms with van der Waals surface area (Å²) in [4.78, 5) is 14.1. The first-order valence-corrected chi connectivity index (χ1v) is 8.02. The third kappa shape index (κ3) is 6.03. The van der Waals surface area contributed by atoms with Gasteiger partial charge in [0.15, 0.2) is 0 Å². The summed E-state index contributed by atoms with van der Waals surface area (Å²) in [6, 6.07) is 9.62. The zero-order chi connectivity index (χ0) is 15.6. The molecule has 0 saturated carbocycles. The Kier molecular flexibility index (Phi) is 7.19. The second-order valence-corrected chi connectivity index (χ2v) is 5.57. The van der Waals surface area contributed by atoms with E-state index >= 15 is 0 Å². The zero-order valence-electron chi connectivity index (χ0n) is 13.3. The maximum atomic E-state index is 12.0. The standard InChI is InChI=1S/C17H26N2O3/c1-2-19(12-15-8-10-21-14-15)13-17(20)18-9-11-22-16-6-4-3-5-7-16/h3-7,15H,2,8-14H2,1H3,(H,18,20). The maximum Gasteiger partial charge on any atom is 0.234 e. The number of rotatable bonds is 9. The van der Waals surface area contributed by atoms with Gasteiger partial charge in [-0.2, -0.15) is 0 Å². The van der Waals surface area contributed by atoms with Crippen LogP contribution in [-0.2, 0) is 9.53 Å². The highest BCUT2D eigenvalue weighted by Crippen LogP contribution is 2.13. The van der Waals surface area contributed by atoms with Gasteiger partial charge in [-0.3, -0.25) is 9.69 Å². The lowest BCUT2D eigenvalue weighted by atomic mass is 10.1. The number of hydrogen-bond acceptors (Lipinski definition) is 4. The molecule has 0 radical (unpaired) electrons. The molecule has 2 rings (SSSR count). The molecule has 1 aliphatic heterocycles. The smallest absolute Gasteiger partial charge is 0.234 e. The minimum atomic E-state index is 0.0532. The van der Waals surface area contributed by atoms with Gasteiger partial charge in [0.05, 0.1) is 19.7 Å². The minimum Gasteiger partial charge on any atom is -0.492 e. The van der Waals surface area contributed by atoms with E-state index in [1.165, 1.54) is 0 Å². The Morgan fingerprint density at radius 1 is 1.41 bits per heavy atom. The van der Waals surface area contributed by atoms with Crippen molar-refractivity contribution in [3.63, 3.8) is 0 Å². The third-order valence-corrected chi connectivity index (χ3v) is 3.79. The molecule has 1 amide bonds. The van der Waals surface area contributed by atoms with E-state index in [-0.39, 0.29) is 5.91 Å². The molecule has 122 valence electrons. The summed E-state index contributed by atoms with van der Waals surface area (Å²) in [5, 5.41) is 2.91. The van der Waals surface area contributed by atoms with E-state index in [0.29, 0.717) is 25.6 Å². The van der Waals surface area contributed by atoms with Gasteiger partial charge in [0.1, 0.15) is 12.4 Å². The highest BCUT2D eigenvalue weighted by Gasteiger charge is 2.19. The quantitative estimate of drug-likeness (QED) is 0.703. The van der Waals surface area contributed by atoms with Crippen LogP contribution in [0.4, 0.5) is 0 Å². The first-order chi connectivity index (χ1) is 10.8. The Hall–Kier alpha value is -1.59. The summed E-state index contributed by atoms with van der Waals surface area (Å²) in [6.45, 7) is 7.03. The summed E-state index contributed by atoms with van der Waals surface area (Å²) in [7, 11) is 0. The number of carbonyl (C=O) groups is 1. The van der Waals surface area contributed by atoms with Gasteiger partial charge in [-0.1, -0.05) is 25.1 Å². The lowest BCUT2D eigenvalue weighted by molar-refractivity contribution is -0.122. The van der Waals surface area contributed by atoms with Crippen molar-refractivity contribution in [2.24, 2.45) is 5.92 Å². The topological polar surface area (TPSA) is 50.8 Å². The maximum absolute atomic E-state index is 12.0. The Morgan fingerprint density at radius 2 is 2.23 bits per heavy atom. The fourth-order valence-electron chi connectivity index (χ4n) is 2.53. The zero-order valence-corrected chi connectivity index (χ0v) is 13.3. The van der Waals surface area contributed by atoms with Crippen molar-refractivity contribution in [2.75, 3.05) is 46.0 Å². The van der Waals surface area contributed by atoms with Crippen LogP contribution in [0.25, 0.3) is 0 Å². The number of carbonyl (C=O) groups excluding carboxylic acids is 1. The molecular formula is C17H26N2O3. The van der Waals surface area contributed by atoms with Crippen LogP contribution in [0.15, 0.2) is 30.3 Å². The van der Waals surface area contributed by atoms with Crippen LogP contribution in [0, 0.1) is 5.92 Å². The molecule has 1 aliphatic rings. The molecule has 1 saturated heterocycles. The van der Waals surface area contributed by atoms with Crippen molar-refractivity contribution in [1.29, 1.82) is 0 Å². The van der Waals surface area contributed by atoms with Crippen molar-refractivity contribution in [1.82, 2.24) is 10.2 Å². The number of likely N-dealkylation sites (N-methyl/N-ethyl adjacent to an activating group) is 1. The number of nitrogens with one attached hydrogen (secondary N) is 1. The normalized spacial score (nSPS) is 17.6. The summed E-state index contributed by atoms with van der Waals surface area (Å²) in [6.07, 6.45) is 1.10. The van der Waals surface area contributed by atoms with Gasteiger partial charge < -0.3 is 14.8 Å². The number of benzene rings is 1. The molecule has 0 aliphatic carbocycles. The first-order valence-electron chi connectivity index (χ1n) is 8.02. The number of para-hydroxylation sites is 1. The molecule has 1 fully saturated rings. The Morgan fingerprint density at radius 3 is 2.91 bits per heavy atom. The minimum absolute atomic E-state index is 0.0532. The van der Waals surface area contributed by atoms with E-state index < -0.39 is 0 Å². The Balaban J connectivity index is 1.59. The van der Waals surface area contributed by atoms with Crippen molar-refractivity contribution < 1.29 is 14.3 Å². The van der Waals surface area contributed by atoms with Crippen molar-refractivity contribution in [3.8, 4) is 5.75 Å². The van der Waals surface area contributed by atoms with Gasteiger partial charge in [0.2, 0.25) is 5.91 Å². The van der Waals surface area contributed by atoms with E-state index in [1.807, 2.05) is 30.3 Å². The van der Waals surface area contributed by atoms with E-state index in [0.717, 1.165) is 38.5 Å². The fourth-order valence-corrected chi connectivity index (χ4v) is 2.53. The molecule has 22 heavy (non-hydrogen) atoms. The molecule has 0 bridgehead atoms.